The Kier molecular flexibility index (Phi) is 3.02. The minimum absolute atomic E-state index is 0.0819. The summed E-state index contributed by atoms with van der Waals surface area (Å²) in [5.74, 6) is 2.22. The molecule has 1 spiro atoms. The topological polar surface area (TPSA) is 74.8 Å². The summed E-state index contributed by atoms with van der Waals surface area (Å²) >= 11 is 0. The van der Waals surface area contributed by atoms with E-state index >= 15 is 0 Å². The molecule has 1 saturated heterocycles. The second-order valence-corrected chi connectivity index (χ2v) is 7.37. The highest BCUT2D eigenvalue weighted by Gasteiger charge is 2.45. The number of anilines is 1. The van der Waals surface area contributed by atoms with Crippen LogP contribution in [0.1, 0.15) is 55.1 Å². The Bertz CT molecular complexity index is 819. The molecule has 3 heterocycles. The maximum absolute atomic E-state index is 12.4. The molecule has 2 aliphatic carbocycles. The van der Waals surface area contributed by atoms with Gasteiger partial charge in [-0.15, -0.1) is 0 Å². The molecule has 3 aliphatic rings. The third kappa shape index (κ3) is 2.16. The van der Waals surface area contributed by atoms with Gasteiger partial charge in [0.2, 0.25) is 5.95 Å². The molecule has 0 bridgehead atoms. The Morgan fingerprint density at radius 3 is 2.58 bits per heavy atom. The maximum atomic E-state index is 12.4. The van der Waals surface area contributed by atoms with Gasteiger partial charge in [-0.3, -0.25) is 4.79 Å². The molecule has 5 rings (SSSR count). The average molecular weight is 323 g/mol. The van der Waals surface area contributed by atoms with Crippen molar-refractivity contribution in [2.75, 3.05) is 18.0 Å². The number of H-pyrrole nitrogens is 1. The van der Waals surface area contributed by atoms with Crippen LogP contribution < -0.4 is 10.5 Å². The summed E-state index contributed by atoms with van der Waals surface area (Å²) in [4.78, 5) is 31.4. The number of nitrogens with one attached hydrogen (secondary N) is 1. The fourth-order valence-electron chi connectivity index (χ4n) is 4.29. The molecule has 6 heteroatoms. The summed E-state index contributed by atoms with van der Waals surface area (Å²) in [7, 11) is 0. The fourth-order valence-corrected chi connectivity index (χ4v) is 4.29. The van der Waals surface area contributed by atoms with E-state index in [1.54, 1.807) is 12.4 Å². The molecule has 0 aromatic carbocycles. The summed E-state index contributed by atoms with van der Waals surface area (Å²) in [6, 6.07) is 1.84. The first-order valence-corrected chi connectivity index (χ1v) is 8.91. The fraction of sp³-hybridized carbons (Fsp3) is 0.556. The van der Waals surface area contributed by atoms with Crippen LogP contribution in [0.5, 0.6) is 0 Å². The van der Waals surface area contributed by atoms with Gasteiger partial charge < -0.3 is 9.88 Å². The number of rotatable bonds is 2. The van der Waals surface area contributed by atoms with Crippen LogP contribution in [0.15, 0.2) is 23.3 Å². The number of piperidine rings is 1. The Labute approximate surface area is 140 Å². The Morgan fingerprint density at radius 2 is 1.88 bits per heavy atom. The molecule has 2 aromatic rings. The van der Waals surface area contributed by atoms with E-state index in [1.165, 1.54) is 0 Å². The van der Waals surface area contributed by atoms with Crippen molar-refractivity contribution in [1.29, 1.82) is 0 Å². The summed E-state index contributed by atoms with van der Waals surface area (Å²) in [5.41, 5.74) is 2.22. The van der Waals surface area contributed by atoms with Crippen molar-refractivity contribution in [3.05, 3.63) is 45.9 Å². The van der Waals surface area contributed by atoms with Crippen molar-refractivity contribution >= 4 is 5.95 Å². The normalized spacial score (nSPS) is 21.9. The van der Waals surface area contributed by atoms with Crippen LogP contribution in [0.2, 0.25) is 0 Å². The molecule has 0 unspecified atom stereocenters. The minimum atomic E-state index is 0.0819. The van der Waals surface area contributed by atoms with Gasteiger partial charge in [-0.1, -0.05) is 0 Å². The van der Waals surface area contributed by atoms with Crippen LogP contribution >= 0.6 is 0 Å². The van der Waals surface area contributed by atoms with Crippen LogP contribution in [0.4, 0.5) is 5.95 Å². The van der Waals surface area contributed by atoms with Crippen molar-refractivity contribution < 1.29 is 0 Å². The van der Waals surface area contributed by atoms with Crippen LogP contribution in [-0.4, -0.2) is 33.0 Å². The average Bonchev–Trinajstić information content (AvgIpc) is 3.41. The third-order valence-electron chi connectivity index (χ3n) is 5.91. The van der Waals surface area contributed by atoms with Crippen molar-refractivity contribution in [2.24, 2.45) is 0 Å². The van der Waals surface area contributed by atoms with Gasteiger partial charge in [0.1, 0.15) is 5.82 Å². The van der Waals surface area contributed by atoms with Crippen molar-refractivity contribution in [1.82, 2.24) is 19.9 Å². The largest absolute Gasteiger partial charge is 0.341 e. The predicted molar refractivity (Wildman–Crippen MR) is 90.3 cm³/mol. The van der Waals surface area contributed by atoms with Crippen LogP contribution in [0.3, 0.4) is 0 Å². The first-order chi connectivity index (χ1) is 11.8. The van der Waals surface area contributed by atoms with Crippen molar-refractivity contribution in [3.63, 3.8) is 0 Å². The molecule has 0 amide bonds. The second-order valence-electron chi connectivity index (χ2n) is 7.37. The summed E-state index contributed by atoms with van der Waals surface area (Å²) in [5, 5.41) is 0. The number of hydrogen-bond donors (Lipinski definition) is 1. The monoisotopic (exact) mass is 323 g/mol. The van der Waals surface area contributed by atoms with E-state index in [0.29, 0.717) is 5.92 Å². The lowest BCUT2D eigenvalue weighted by Crippen LogP contribution is -2.43. The number of fused-ring (bicyclic) bond motifs is 2. The molecule has 24 heavy (non-hydrogen) atoms. The molecular formula is C18H21N5O. The third-order valence-corrected chi connectivity index (χ3v) is 5.91. The molecule has 124 valence electrons. The molecule has 1 saturated carbocycles. The minimum Gasteiger partial charge on any atom is -0.341 e. The Hall–Kier alpha value is -2.24. The molecule has 1 N–H and O–H groups in total. The second kappa shape index (κ2) is 5.13. The summed E-state index contributed by atoms with van der Waals surface area (Å²) in [6.45, 7) is 1.85. The van der Waals surface area contributed by atoms with Gasteiger partial charge in [0, 0.05) is 42.4 Å². The first kappa shape index (κ1) is 14.1. The molecule has 6 nitrogen and oxygen atoms in total. The van der Waals surface area contributed by atoms with Gasteiger partial charge in [-0.25, -0.2) is 15.0 Å². The lowest BCUT2D eigenvalue weighted by Gasteiger charge is -2.39. The molecule has 0 radical (unpaired) electrons. The van der Waals surface area contributed by atoms with E-state index in [1.807, 2.05) is 6.07 Å². The Morgan fingerprint density at radius 1 is 1.12 bits per heavy atom. The number of aromatic nitrogens is 4. The van der Waals surface area contributed by atoms with Crippen LogP contribution in [0.25, 0.3) is 0 Å². The summed E-state index contributed by atoms with van der Waals surface area (Å²) in [6.07, 6.45) is 9.88. The van der Waals surface area contributed by atoms with Gasteiger partial charge in [-0.05, 0) is 44.6 Å². The molecule has 0 atom stereocenters. The zero-order valence-electron chi connectivity index (χ0n) is 13.7. The number of nitrogens with zero attached hydrogens (tertiary/aromatic N) is 4. The lowest BCUT2D eigenvalue weighted by molar-refractivity contribution is 0.320. The molecule has 1 aliphatic heterocycles. The lowest BCUT2D eigenvalue weighted by atomic mass is 9.76. The predicted octanol–water partition coefficient (Wildman–Crippen LogP) is 1.92. The van der Waals surface area contributed by atoms with Crippen molar-refractivity contribution in [3.8, 4) is 0 Å². The van der Waals surface area contributed by atoms with E-state index < -0.39 is 0 Å². The van der Waals surface area contributed by atoms with Crippen LogP contribution in [-0.2, 0) is 11.8 Å². The zero-order valence-corrected chi connectivity index (χ0v) is 13.7. The van der Waals surface area contributed by atoms with E-state index in [0.717, 1.165) is 74.6 Å². The quantitative estimate of drug-likeness (QED) is 0.914. The van der Waals surface area contributed by atoms with Gasteiger partial charge >= 0.3 is 0 Å². The van der Waals surface area contributed by atoms with E-state index in [2.05, 4.69) is 19.9 Å². The molecule has 2 fully saturated rings. The maximum Gasteiger partial charge on any atom is 0.254 e. The number of aromatic amines is 1. The highest BCUT2D eigenvalue weighted by molar-refractivity contribution is 5.38. The highest BCUT2D eigenvalue weighted by atomic mass is 16.1. The molecular weight excluding hydrogens is 302 g/mol. The summed E-state index contributed by atoms with van der Waals surface area (Å²) < 4.78 is 0. The SMILES string of the molecule is O=c1[nH]c(C2CC2)nc2c1CCC21CCN(c2ncccn2)CC1. The van der Waals surface area contributed by atoms with Crippen molar-refractivity contribution in [2.45, 2.75) is 49.9 Å². The smallest absolute Gasteiger partial charge is 0.254 e. The van der Waals surface area contributed by atoms with Gasteiger partial charge in [0.15, 0.2) is 0 Å². The number of hydrogen-bond acceptors (Lipinski definition) is 5. The van der Waals surface area contributed by atoms with Crippen LogP contribution in [0, 0.1) is 0 Å². The van der Waals surface area contributed by atoms with Gasteiger partial charge in [0.25, 0.3) is 5.56 Å². The first-order valence-electron chi connectivity index (χ1n) is 8.91. The zero-order chi connectivity index (χ0) is 16.1. The van der Waals surface area contributed by atoms with E-state index in [9.17, 15) is 4.79 Å². The highest BCUT2D eigenvalue weighted by Crippen LogP contribution is 2.46. The standard InChI is InChI=1S/C18H21N5O/c24-16-13-4-5-18(14(13)21-15(22-16)12-2-3-12)6-10-23(11-7-18)17-19-8-1-9-20-17/h1,8-9,12H,2-7,10-11H2,(H,21,22,24). The Balaban J connectivity index is 1.45. The molecule has 2 aromatic heterocycles. The van der Waals surface area contributed by atoms with Gasteiger partial charge in [0.05, 0.1) is 5.69 Å². The van der Waals surface area contributed by atoms with Gasteiger partial charge in [-0.2, -0.15) is 0 Å². The van der Waals surface area contributed by atoms with E-state index in [4.69, 9.17) is 4.98 Å². The van der Waals surface area contributed by atoms with E-state index in [-0.39, 0.29) is 11.0 Å².